The molecular formula is C17H17FN2. The Morgan fingerprint density at radius 1 is 1.10 bits per heavy atom. The molecule has 0 unspecified atom stereocenters. The lowest BCUT2D eigenvalue weighted by Gasteiger charge is -2.10. The fourth-order valence-electron chi connectivity index (χ4n) is 2.64. The minimum atomic E-state index is -0.234. The molecule has 0 atom stereocenters. The number of aromatic nitrogens is 1. The third-order valence-corrected chi connectivity index (χ3v) is 3.76. The Bertz CT molecular complexity index is 759. The van der Waals surface area contributed by atoms with E-state index >= 15 is 0 Å². The van der Waals surface area contributed by atoms with Crippen molar-refractivity contribution in [3.05, 3.63) is 71.2 Å². The summed E-state index contributed by atoms with van der Waals surface area (Å²) >= 11 is 0. The molecule has 102 valence electrons. The SMILES string of the molecule is Cc1cccc2c1ccn2Cc1ccc(F)cc1CN. The van der Waals surface area contributed by atoms with Crippen LogP contribution in [0.1, 0.15) is 16.7 Å². The maximum absolute atomic E-state index is 13.3. The fourth-order valence-corrected chi connectivity index (χ4v) is 2.64. The number of aryl methyl sites for hydroxylation is 1. The molecule has 0 saturated carbocycles. The molecule has 1 aromatic heterocycles. The number of hydrogen-bond acceptors (Lipinski definition) is 1. The number of halogens is 1. The molecule has 0 aliphatic heterocycles. The first-order valence-electron chi connectivity index (χ1n) is 6.71. The molecular weight excluding hydrogens is 251 g/mol. The van der Waals surface area contributed by atoms with Crippen LogP contribution < -0.4 is 5.73 Å². The largest absolute Gasteiger partial charge is 0.343 e. The fraction of sp³-hybridized carbons (Fsp3) is 0.176. The van der Waals surface area contributed by atoms with Crippen LogP contribution >= 0.6 is 0 Å². The second-order valence-corrected chi connectivity index (χ2v) is 5.07. The summed E-state index contributed by atoms with van der Waals surface area (Å²) < 4.78 is 15.4. The molecule has 0 amide bonds. The Hall–Kier alpha value is -2.13. The Morgan fingerprint density at radius 3 is 2.75 bits per heavy atom. The first-order chi connectivity index (χ1) is 9.69. The molecule has 1 heterocycles. The van der Waals surface area contributed by atoms with E-state index in [1.165, 1.54) is 28.6 Å². The normalized spacial score (nSPS) is 11.2. The predicted molar refractivity (Wildman–Crippen MR) is 80.1 cm³/mol. The van der Waals surface area contributed by atoms with Crippen molar-refractivity contribution in [2.45, 2.75) is 20.0 Å². The lowest BCUT2D eigenvalue weighted by atomic mass is 10.1. The molecule has 20 heavy (non-hydrogen) atoms. The van der Waals surface area contributed by atoms with Gasteiger partial charge in [-0.2, -0.15) is 0 Å². The summed E-state index contributed by atoms with van der Waals surface area (Å²) in [5.41, 5.74) is 10.1. The van der Waals surface area contributed by atoms with Crippen molar-refractivity contribution in [2.75, 3.05) is 0 Å². The molecule has 0 radical (unpaired) electrons. The molecule has 2 N–H and O–H groups in total. The average Bonchev–Trinajstić information content (AvgIpc) is 2.85. The highest BCUT2D eigenvalue weighted by molar-refractivity contribution is 5.83. The number of nitrogens with two attached hydrogens (primary N) is 1. The zero-order valence-electron chi connectivity index (χ0n) is 11.4. The average molecular weight is 268 g/mol. The third-order valence-electron chi connectivity index (χ3n) is 3.76. The van der Waals surface area contributed by atoms with Gasteiger partial charge in [-0.15, -0.1) is 0 Å². The first kappa shape index (κ1) is 12.9. The molecule has 0 fully saturated rings. The van der Waals surface area contributed by atoms with Gasteiger partial charge in [0.25, 0.3) is 0 Å². The van der Waals surface area contributed by atoms with Crippen LogP contribution in [0.2, 0.25) is 0 Å². The molecule has 0 aliphatic carbocycles. The van der Waals surface area contributed by atoms with E-state index in [1.807, 2.05) is 6.07 Å². The van der Waals surface area contributed by atoms with Gasteiger partial charge >= 0.3 is 0 Å². The van der Waals surface area contributed by atoms with E-state index in [4.69, 9.17) is 5.73 Å². The molecule has 0 spiro atoms. The molecule has 0 aliphatic rings. The van der Waals surface area contributed by atoms with E-state index in [0.717, 1.165) is 11.1 Å². The standard InChI is InChI=1S/C17H17FN2/c1-12-3-2-4-17-16(12)7-8-20(17)11-13-5-6-15(18)9-14(13)10-19/h2-9H,10-11,19H2,1H3. The van der Waals surface area contributed by atoms with Gasteiger partial charge in [0.15, 0.2) is 0 Å². The molecule has 3 rings (SSSR count). The second-order valence-electron chi connectivity index (χ2n) is 5.07. The topological polar surface area (TPSA) is 30.9 Å². The van der Waals surface area contributed by atoms with Crippen molar-refractivity contribution in [2.24, 2.45) is 5.73 Å². The van der Waals surface area contributed by atoms with Crippen LogP contribution in [0.15, 0.2) is 48.7 Å². The summed E-state index contributed by atoms with van der Waals surface area (Å²) in [4.78, 5) is 0. The van der Waals surface area contributed by atoms with Crippen molar-refractivity contribution in [3.8, 4) is 0 Å². The quantitative estimate of drug-likeness (QED) is 0.773. The van der Waals surface area contributed by atoms with Crippen molar-refractivity contribution < 1.29 is 4.39 Å². The Labute approximate surface area is 117 Å². The summed E-state index contributed by atoms with van der Waals surface area (Å²) in [5, 5.41) is 1.25. The Balaban J connectivity index is 2.04. The van der Waals surface area contributed by atoms with Crippen LogP contribution in [-0.4, -0.2) is 4.57 Å². The zero-order valence-corrected chi connectivity index (χ0v) is 11.4. The van der Waals surface area contributed by atoms with Gasteiger partial charge < -0.3 is 10.3 Å². The van der Waals surface area contributed by atoms with Crippen LogP contribution in [0, 0.1) is 12.7 Å². The van der Waals surface area contributed by atoms with Gasteiger partial charge in [0.05, 0.1) is 0 Å². The summed E-state index contributed by atoms with van der Waals surface area (Å²) in [6.45, 7) is 3.17. The molecule has 0 bridgehead atoms. The van der Waals surface area contributed by atoms with Gasteiger partial charge in [0.2, 0.25) is 0 Å². The van der Waals surface area contributed by atoms with Gasteiger partial charge in [-0.1, -0.05) is 18.2 Å². The van der Waals surface area contributed by atoms with Crippen molar-refractivity contribution in [3.63, 3.8) is 0 Å². The van der Waals surface area contributed by atoms with Gasteiger partial charge in [0, 0.05) is 30.2 Å². The predicted octanol–water partition coefficient (Wildman–Crippen LogP) is 3.60. The van der Waals surface area contributed by atoms with E-state index in [0.29, 0.717) is 13.1 Å². The highest BCUT2D eigenvalue weighted by atomic mass is 19.1. The number of hydrogen-bond donors (Lipinski definition) is 1. The number of rotatable bonds is 3. The molecule has 2 aromatic carbocycles. The monoisotopic (exact) mass is 268 g/mol. The summed E-state index contributed by atoms with van der Waals surface area (Å²) in [6.07, 6.45) is 2.07. The maximum Gasteiger partial charge on any atom is 0.123 e. The highest BCUT2D eigenvalue weighted by Crippen LogP contribution is 2.21. The summed E-state index contributed by atoms with van der Waals surface area (Å²) in [6, 6.07) is 13.2. The summed E-state index contributed by atoms with van der Waals surface area (Å²) in [7, 11) is 0. The van der Waals surface area contributed by atoms with E-state index in [9.17, 15) is 4.39 Å². The Kier molecular flexibility index (Phi) is 3.28. The smallest absolute Gasteiger partial charge is 0.123 e. The third kappa shape index (κ3) is 2.21. The van der Waals surface area contributed by atoms with Crippen molar-refractivity contribution in [1.29, 1.82) is 0 Å². The second kappa shape index (κ2) is 5.10. The van der Waals surface area contributed by atoms with E-state index in [2.05, 4.69) is 42.0 Å². The number of benzene rings is 2. The number of fused-ring (bicyclic) bond motifs is 1. The highest BCUT2D eigenvalue weighted by Gasteiger charge is 2.07. The van der Waals surface area contributed by atoms with Crippen LogP contribution in [0.25, 0.3) is 10.9 Å². The molecule has 3 aromatic rings. The van der Waals surface area contributed by atoms with E-state index < -0.39 is 0 Å². The van der Waals surface area contributed by atoms with Gasteiger partial charge in [-0.3, -0.25) is 0 Å². The lowest BCUT2D eigenvalue weighted by Crippen LogP contribution is -2.06. The van der Waals surface area contributed by atoms with Crippen LogP contribution in [-0.2, 0) is 13.1 Å². The van der Waals surface area contributed by atoms with Gasteiger partial charge in [0.1, 0.15) is 5.82 Å². The van der Waals surface area contributed by atoms with Gasteiger partial charge in [-0.25, -0.2) is 4.39 Å². The van der Waals surface area contributed by atoms with Crippen molar-refractivity contribution >= 4 is 10.9 Å². The minimum Gasteiger partial charge on any atom is -0.343 e. The minimum absolute atomic E-state index is 0.234. The maximum atomic E-state index is 13.3. The summed E-state index contributed by atoms with van der Waals surface area (Å²) in [5.74, 6) is -0.234. The molecule has 0 saturated heterocycles. The van der Waals surface area contributed by atoms with Crippen LogP contribution in [0.3, 0.4) is 0 Å². The van der Waals surface area contributed by atoms with E-state index in [-0.39, 0.29) is 5.82 Å². The van der Waals surface area contributed by atoms with Crippen LogP contribution in [0.4, 0.5) is 4.39 Å². The Morgan fingerprint density at radius 2 is 1.95 bits per heavy atom. The first-order valence-corrected chi connectivity index (χ1v) is 6.71. The number of nitrogens with zero attached hydrogens (tertiary/aromatic N) is 1. The van der Waals surface area contributed by atoms with Crippen LogP contribution in [0.5, 0.6) is 0 Å². The van der Waals surface area contributed by atoms with E-state index in [1.54, 1.807) is 0 Å². The van der Waals surface area contributed by atoms with Gasteiger partial charge in [-0.05, 0) is 47.9 Å². The lowest BCUT2D eigenvalue weighted by molar-refractivity contribution is 0.623. The zero-order chi connectivity index (χ0) is 14.1. The van der Waals surface area contributed by atoms with Crippen molar-refractivity contribution in [1.82, 2.24) is 4.57 Å². The molecule has 2 nitrogen and oxygen atoms in total. The molecule has 3 heteroatoms.